The molecule has 0 bridgehead atoms. The molecule has 1 aliphatic heterocycles. The minimum Gasteiger partial charge on any atom is -0.490 e. The van der Waals surface area contributed by atoms with Gasteiger partial charge < -0.3 is 20.5 Å². The van der Waals surface area contributed by atoms with Gasteiger partial charge in [0.25, 0.3) is 5.91 Å². The van der Waals surface area contributed by atoms with Crippen molar-refractivity contribution in [3.05, 3.63) is 59.5 Å². The third-order valence-electron chi connectivity index (χ3n) is 4.12. The molecule has 5 nitrogen and oxygen atoms in total. The fourth-order valence-electron chi connectivity index (χ4n) is 2.76. The largest absolute Gasteiger partial charge is 0.490 e. The summed E-state index contributed by atoms with van der Waals surface area (Å²) in [6.45, 7) is 1.19. The number of fused-ring (bicyclic) bond motifs is 1. The van der Waals surface area contributed by atoms with Crippen molar-refractivity contribution in [1.29, 1.82) is 0 Å². The number of hydrogen-bond donors (Lipinski definition) is 2. The average molecular weight is 366 g/mol. The number of carbonyl (C=O) groups is 1. The van der Waals surface area contributed by atoms with Crippen LogP contribution in [-0.2, 0) is 0 Å². The number of hydrogen-bond acceptors (Lipinski definition) is 5. The number of rotatable bonds is 3. The summed E-state index contributed by atoms with van der Waals surface area (Å²) in [4.78, 5) is 13.8. The van der Waals surface area contributed by atoms with Crippen molar-refractivity contribution in [2.24, 2.45) is 0 Å². The first kappa shape index (κ1) is 16.5. The van der Waals surface area contributed by atoms with E-state index < -0.39 is 0 Å². The smallest absolute Gasteiger partial charge is 0.255 e. The van der Waals surface area contributed by atoms with Gasteiger partial charge in [0.1, 0.15) is 0 Å². The SMILES string of the molecule is Nc1ccc(-c2cccs2)cc1NC(=O)c1ccc2c(c1)OCCCO2. The van der Waals surface area contributed by atoms with Crippen LogP contribution in [0.15, 0.2) is 53.9 Å². The average Bonchev–Trinajstić information content (AvgIpc) is 3.08. The molecule has 2 aromatic carbocycles. The Labute approximate surface area is 155 Å². The second kappa shape index (κ2) is 7.09. The van der Waals surface area contributed by atoms with Crippen molar-refractivity contribution < 1.29 is 14.3 Å². The van der Waals surface area contributed by atoms with Gasteiger partial charge in [-0.3, -0.25) is 4.79 Å². The van der Waals surface area contributed by atoms with E-state index >= 15 is 0 Å². The van der Waals surface area contributed by atoms with E-state index in [1.165, 1.54) is 0 Å². The van der Waals surface area contributed by atoms with Gasteiger partial charge in [-0.25, -0.2) is 0 Å². The zero-order valence-electron chi connectivity index (χ0n) is 14.0. The molecule has 0 radical (unpaired) electrons. The second-order valence-electron chi connectivity index (χ2n) is 5.95. The lowest BCUT2D eigenvalue weighted by atomic mass is 10.1. The minimum absolute atomic E-state index is 0.240. The van der Waals surface area contributed by atoms with Crippen molar-refractivity contribution >= 4 is 28.6 Å². The molecule has 3 N–H and O–H groups in total. The fraction of sp³-hybridized carbons (Fsp3) is 0.150. The summed E-state index contributed by atoms with van der Waals surface area (Å²) in [7, 11) is 0. The molecule has 4 rings (SSSR count). The van der Waals surface area contributed by atoms with Crippen LogP contribution in [0.1, 0.15) is 16.8 Å². The van der Waals surface area contributed by atoms with E-state index in [2.05, 4.69) is 5.32 Å². The zero-order valence-corrected chi connectivity index (χ0v) is 14.8. The van der Waals surface area contributed by atoms with E-state index in [0.29, 0.717) is 41.7 Å². The number of carbonyl (C=O) groups excluding carboxylic acids is 1. The van der Waals surface area contributed by atoms with Crippen LogP contribution in [0.4, 0.5) is 11.4 Å². The monoisotopic (exact) mass is 366 g/mol. The molecular formula is C20H18N2O3S. The Morgan fingerprint density at radius 2 is 1.88 bits per heavy atom. The van der Waals surface area contributed by atoms with E-state index in [9.17, 15) is 4.79 Å². The number of thiophene rings is 1. The van der Waals surface area contributed by atoms with E-state index in [-0.39, 0.29) is 5.91 Å². The van der Waals surface area contributed by atoms with Crippen LogP contribution in [0, 0.1) is 0 Å². The topological polar surface area (TPSA) is 73.6 Å². The number of anilines is 2. The Balaban J connectivity index is 1.58. The Hall–Kier alpha value is -2.99. The summed E-state index contributed by atoms with van der Waals surface area (Å²) in [6, 6.07) is 14.9. The molecule has 2 heterocycles. The molecule has 0 fully saturated rings. The highest BCUT2D eigenvalue weighted by atomic mass is 32.1. The Morgan fingerprint density at radius 1 is 1.04 bits per heavy atom. The van der Waals surface area contributed by atoms with Crippen LogP contribution in [0.25, 0.3) is 10.4 Å². The molecule has 26 heavy (non-hydrogen) atoms. The minimum atomic E-state index is -0.240. The summed E-state index contributed by atoms with van der Waals surface area (Å²) < 4.78 is 11.3. The summed E-state index contributed by atoms with van der Waals surface area (Å²) in [6.07, 6.45) is 0.822. The first-order chi connectivity index (χ1) is 12.7. The predicted octanol–water partition coefficient (Wildman–Crippen LogP) is 4.41. The maximum Gasteiger partial charge on any atom is 0.255 e. The van der Waals surface area contributed by atoms with Gasteiger partial charge in [-0.05, 0) is 47.3 Å². The van der Waals surface area contributed by atoms with Gasteiger partial charge in [0.2, 0.25) is 0 Å². The molecule has 6 heteroatoms. The molecule has 1 aliphatic rings. The van der Waals surface area contributed by atoms with E-state index in [1.54, 1.807) is 35.6 Å². The van der Waals surface area contributed by atoms with Gasteiger partial charge in [0.15, 0.2) is 11.5 Å². The molecule has 132 valence electrons. The maximum atomic E-state index is 12.7. The van der Waals surface area contributed by atoms with E-state index in [0.717, 1.165) is 16.9 Å². The zero-order chi connectivity index (χ0) is 17.9. The number of benzene rings is 2. The van der Waals surface area contributed by atoms with Gasteiger partial charge in [0.05, 0.1) is 24.6 Å². The lowest BCUT2D eigenvalue weighted by molar-refractivity contribution is 0.102. The van der Waals surface area contributed by atoms with Crippen LogP contribution in [0.2, 0.25) is 0 Å². The quantitative estimate of drug-likeness (QED) is 0.674. The summed E-state index contributed by atoms with van der Waals surface area (Å²) in [5.41, 5.74) is 8.67. The second-order valence-corrected chi connectivity index (χ2v) is 6.89. The molecule has 0 saturated carbocycles. The fourth-order valence-corrected chi connectivity index (χ4v) is 3.48. The Kier molecular flexibility index (Phi) is 4.50. The first-order valence-corrected chi connectivity index (χ1v) is 9.23. The molecule has 0 atom stereocenters. The highest BCUT2D eigenvalue weighted by Gasteiger charge is 2.15. The van der Waals surface area contributed by atoms with Crippen LogP contribution in [-0.4, -0.2) is 19.1 Å². The van der Waals surface area contributed by atoms with Crippen molar-refractivity contribution in [1.82, 2.24) is 0 Å². The van der Waals surface area contributed by atoms with Crippen LogP contribution in [0.5, 0.6) is 11.5 Å². The molecule has 1 aromatic heterocycles. The maximum absolute atomic E-state index is 12.7. The highest BCUT2D eigenvalue weighted by Crippen LogP contribution is 2.32. The Bertz CT molecular complexity index is 938. The van der Waals surface area contributed by atoms with Crippen molar-refractivity contribution in [3.63, 3.8) is 0 Å². The molecule has 0 aliphatic carbocycles. The molecule has 3 aromatic rings. The van der Waals surface area contributed by atoms with Crippen LogP contribution < -0.4 is 20.5 Å². The molecular weight excluding hydrogens is 348 g/mol. The third-order valence-corrected chi connectivity index (χ3v) is 5.04. The third kappa shape index (κ3) is 3.36. The number of ether oxygens (including phenoxy) is 2. The van der Waals surface area contributed by atoms with Gasteiger partial charge in [-0.2, -0.15) is 0 Å². The van der Waals surface area contributed by atoms with E-state index in [1.807, 2.05) is 29.6 Å². The standard InChI is InChI=1S/C20H18N2O3S/c21-15-6-4-13(19-3-1-10-26-19)11-16(15)22-20(23)14-5-7-17-18(12-14)25-9-2-8-24-17/h1,3-7,10-12H,2,8-9,21H2,(H,22,23). The number of nitrogens with one attached hydrogen (secondary N) is 1. The number of nitrogens with two attached hydrogens (primary N) is 1. The van der Waals surface area contributed by atoms with E-state index in [4.69, 9.17) is 15.2 Å². The summed E-state index contributed by atoms with van der Waals surface area (Å²) in [5.74, 6) is 1.02. The Morgan fingerprint density at radius 3 is 2.69 bits per heavy atom. The lowest BCUT2D eigenvalue weighted by Crippen LogP contribution is -2.13. The lowest BCUT2D eigenvalue weighted by Gasteiger charge is -2.12. The van der Waals surface area contributed by atoms with Gasteiger partial charge >= 0.3 is 0 Å². The van der Waals surface area contributed by atoms with Crippen molar-refractivity contribution in [2.75, 3.05) is 24.3 Å². The van der Waals surface area contributed by atoms with Crippen molar-refractivity contribution in [2.45, 2.75) is 6.42 Å². The number of amides is 1. The van der Waals surface area contributed by atoms with Gasteiger partial charge in [-0.15, -0.1) is 11.3 Å². The van der Waals surface area contributed by atoms with Crippen molar-refractivity contribution in [3.8, 4) is 21.9 Å². The summed E-state index contributed by atoms with van der Waals surface area (Å²) in [5, 5.41) is 4.91. The normalized spacial score (nSPS) is 13.1. The highest BCUT2D eigenvalue weighted by molar-refractivity contribution is 7.13. The molecule has 1 amide bonds. The van der Waals surface area contributed by atoms with Gasteiger partial charge in [0, 0.05) is 16.9 Å². The van der Waals surface area contributed by atoms with Crippen LogP contribution >= 0.6 is 11.3 Å². The molecule has 0 unspecified atom stereocenters. The number of nitrogen functional groups attached to an aromatic ring is 1. The predicted molar refractivity (Wildman–Crippen MR) is 104 cm³/mol. The molecule has 0 saturated heterocycles. The molecule has 0 spiro atoms. The first-order valence-electron chi connectivity index (χ1n) is 8.35. The van der Waals surface area contributed by atoms with Gasteiger partial charge in [-0.1, -0.05) is 12.1 Å². The van der Waals surface area contributed by atoms with Crippen LogP contribution in [0.3, 0.4) is 0 Å². The summed E-state index contributed by atoms with van der Waals surface area (Å²) >= 11 is 1.64.